The number of hydrogen-bond acceptors (Lipinski definition) is 3. The van der Waals surface area contributed by atoms with Crippen LogP contribution in [-0.4, -0.2) is 14.3 Å². The van der Waals surface area contributed by atoms with Gasteiger partial charge < -0.3 is 9.15 Å². The summed E-state index contributed by atoms with van der Waals surface area (Å²) in [5, 5.41) is 10.3. The highest BCUT2D eigenvalue weighted by molar-refractivity contribution is 6.11. The molecule has 0 bridgehead atoms. The van der Waals surface area contributed by atoms with Crippen molar-refractivity contribution in [3.05, 3.63) is 163 Å². The summed E-state index contributed by atoms with van der Waals surface area (Å²) in [6, 6.07) is 51.2. The molecule has 6 aromatic carbocycles. The SMILES string of the molecule is c1ccc(-c2c(-c3ccc4oc5ccccc5c4c3)n[n+]3n2-c2cccc4c2C32c3c(ccc5c6ccccc6n(c35)-c3cccc[n+]32)O4)cc1. The average Bonchev–Trinajstić information content (AvgIpc) is 3.93. The van der Waals surface area contributed by atoms with Gasteiger partial charge in [-0.25, -0.2) is 0 Å². The van der Waals surface area contributed by atoms with Gasteiger partial charge in [-0.15, -0.1) is 0 Å². The number of hydrogen-bond donors (Lipinski definition) is 0. The predicted molar refractivity (Wildman–Crippen MR) is 195 cm³/mol. The summed E-state index contributed by atoms with van der Waals surface area (Å²) in [4.78, 5) is 2.22. The molecule has 1 spiro atoms. The number of benzene rings is 6. The molecule has 51 heavy (non-hydrogen) atoms. The van der Waals surface area contributed by atoms with E-state index in [0.717, 1.165) is 89.6 Å². The molecule has 13 rings (SSSR count). The Morgan fingerprint density at radius 1 is 0.588 bits per heavy atom. The van der Waals surface area contributed by atoms with Gasteiger partial charge in [0.2, 0.25) is 0 Å². The lowest BCUT2D eigenvalue weighted by Gasteiger charge is -2.31. The number of pyridine rings is 1. The van der Waals surface area contributed by atoms with Crippen molar-refractivity contribution in [2.75, 3.05) is 0 Å². The van der Waals surface area contributed by atoms with Gasteiger partial charge >= 0.3 is 5.66 Å². The molecule has 236 valence electrons. The number of aromatic nitrogens is 5. The number of furan rings is 1. The molecule has 0 saturated heterocycles. The molecule has 0 aliphatic carbocycles. The van der Waals surface area contributed by atoms with Crippen LogP contribution in [0.4, 0.5) is 0 Å². The Kier molecular flexibility index (Phi) is 4.46. The molecular formula is C44H25N5O2+2. The first-order valence-corrected chi connectivity index (χ1v) is 17.2. The van der Waals surface area contributed by atoms with E-state index in [-0.39, 0.29) is 0 Å². The minimum absolute atomic E-state index is 0.830. The van der Waals surface area contributed by atoms with Gasteiger partial charge in [-0.1, -0.05) is 77.5 Å². The molecule has 0 saturated carbocycles. The molecule has 4 aromatic heterocycles. The van der Waals surface area contributed by atoms with E-state index in [0.29, 0.717) is 0 Å². The molecule has 0 radical (unpaired) electrons. The van der Waals surface area contributed by atoms with E-state index in [4.69, 9.17) is 14.3 Å². The van der Waals surface area contributed by atoms with Crippen molar-refractivity contribution in [1.82, 2.24) is 14.3 Å². The molecule has 7 heteroatoms. The van der Waals surface area contributed by atoms with Crippen molar-refractivity contribution in [3.63, 3.8) is 0 Å². The number of para-hydroxylation sites is 2. The van der Waals surface area contributed by atoms with E-state index in [9.17, 15) is 0 Å². The summed E-state index contributed by atoms with van der Waals surface area (Å²) in [7, 11) is 0. The Bertz CT molecular complexity index is 3190. The number of fused-ring (bicyclic) bond motifs is 10. The zero-order valence-corrected chi connectivity index (χ0v) is 27.0. The van der Waals surface area contributed by atoms with Gasteiger partial charge in [-0.3, -0.25) is 0 Å². The van der Waals surface area contributed by atoms with Crippen LogP contribution in [0.3, 0.4) is 0 Å². The van der Waals surface area contributed by atoms with Gasteiger partial charge in [-0.2, -0.15) is 9.13 Å². The van der Waals surface area contributed by atoms with Crippen LogP contribution in [-0.2, 0) is 5.66 Å². The zero-order chi connectivity index (χ0) is 33.0. The Balaban J connectivity index is 1.23. The Hall–Kier alpha value is -6.99. The second kappa shape index (κ2) is 8.77. The topological polar surface area (TPSA) is 52.9 Å². The van der Waals surface area contributed by atoms with Crippen LogP contribution in [0.15, 0.2) is 156 Å². The fourth-order valence-electron chi connectivity index (χ4n) is 9.25. The summed E-state index contributed by atoms with van der Waals surface area (Å²) < 4.78 is 20.3. The fourth-order valence-corrected chi connectivity index (χ4v) is 9.25. The van der Waals surface area contributed by atoms with E-state index >= 15 is 0 Å². The fraction of sp³-hybridized carbons (Fsp3) is 0.0227. The third-order valence-corrected chi connectivity index (χ3v) is 11.2. The Labute approximate surface area is 290 Å². The summed E-state index contributed by atoms with van der Waals surface area (Å²) >= 11 is 0. The molecule has 0 amide bonds. The van der Waals surface area contributed by atoms with Crippen LogP contribution >= 0.6 is 0 Å². The zero-order valence-electron chi connectivity index (χ0n) is 27.0. The van der Waals surface area contributed by atoms with Crippen molar-refractivity contribution in [2.24, 2.45) is 0 Å². The summed E-state index contributed by atoms with van der Waals surface area (Å²) in [5.74, 6) is 2.72. The molecule has 1 unspecified atom stereocenters. The standard InChI is InChI=1S/C44H25N5O2/c1-2-11-26(12-3-1)42-41(27-20-22-35-31(25-27)29-14-5-7-17-34(29)50-35)45-49-44-39-33(48(42)49)16-10-18-36(39)51-37-23-21-30-28-13-4-6-15-32(28)47(43(30)40(37)44)38-19-8-9-24-46(38)44/h1-25H/q+2. The minimum Gasteiger partial charge on any atom is -0.456 e. The maximum atomic E-state index is 6.89. The molecule has 3 aliphatic rings. The van der Waals surface area contributed by atoms with E-state index in [1.54, 1.807) is 0 Å². The maximum absolute atomic E-state index is 6.89. The van der Waals surface area contributed by atoms with Crippen LogP contribution in [0.25, 0.3) is 77.8 Å². The largest absolute Gasteiger partial charge is 0.456 e. The highest BCUT2D eigenvalue weighted by Gasteiger charge is 2.71. The van der Waals surface area contributed by atoms with Gasteiger partial charge in [-0.05, 0) is 66.7 Å². The van der Waals surface area contributed by atoms with Crippen molar-refractivity contribution in [2.45, 2.75) is 5.66 Å². The predicted octanol–water partition coefficient (Wildman–Crippen LogP) is 8.81. The van der Waals surface area contributed by atoms with Gasteiger partial charge in [0.1, 0.15) is 39.6 Å². The van der Waals surface area contributed by atoms with Crippen LogP contribution in [0, 0.1) is 0 Å². The van der Waals surface area contributed by atoms with Crippen LogP contribution in [0.1, 0.15) is 11.1 Å². The van der Waals surface area contributed by atoms with Crippen LogP contribution < -0.4 is 14.1 Å². The average molecular weight is 656 g/mol. The van der Waals surface area contributed by atoms with Crippen molar-refractivity contribution < 1.29 is 18.5 Å². The third-order valence-electron chi connectivity index (χ3n) is 11.2. The van der Waals surface area contributed by atoms with Crippen LogP contribution in [0.5, 0.6) is 11.5 Å². The lowest BCUT2D eigenvalue weighted by molar-refractivity contribution is -1.02. The lowest BCUT2D eigenvalue weighted by atomic mass is 9.84. The van der Waals surface area contributed by atoms with Gasteiger partial charge in [0.25, 0.3) is 5.82 Å². The van der Waals surface area contributed by atoms with E-state index in [1.165, 1.54) is 10.8 Å². The third kappa shape index (κ3) is 2.90. The number of nitrogens with zero attached hydrogens (tertiary/aromatic N) is 5. The quantitative estimate of drug-likeness (QED) is 0.175. The molecule has 0 fully saturated rings. The normalized spacial score (nSPS) is 16.1. The van der Waals surface area contributed by atoms with Gasteiger partial charge in [0, 0.05) is 43.8 Å². The molecule has 10 aromatic rings. The molecule has 0 N–H and O–H groups in total. The molecule has 7 nitrogen and oxygen atoms in total. The summed E-state index contributed by atoms with van der Waals surface area (Å²) in [6.45, 7) is 0. The van der Waals surface area contributed by atoms with Crippen molar-refractivity contribution >= 4 is 43.7 Å². The Morgan fingerprint density at radius 3 is 2.33 bits per heavy atom. The first kappa shape index (κ1) is 26.0. The summed E-state index contributed by atoms with van der Waals surface area (Å²) in [5.41, 5.74) is 10.3. The first-order valence-electron chi connectivity index (χ1n) is 17.2. The monoisotopic (exact) mass is 655 g/mol. The smallest absolute Gasteiger partial charge is 0.423 e. The Morgan fingerprint density at radius 2 is 1.39 bits per heavy atom. The highest BCUT2D eigenvalue weighted by atomic mass is 16.5. The van der Waals surface area contributed by atoms with E-state index in [2.05, 4.69) is 158 Å². The minimum atomic E-state index is -0.881. The van der Waals surface area contributed by atoms with Gasteiger partial charge in [0.15, 0.2) is 22.3 Å². The molecule has 3 aliphatic heterocycles. The van der Waals surface area contributed by atoms with E-state index in [1.807, 2.05) is 12.1 Å². The first-order chi connectivity index (χ1) is 25.3. The maximum Gasteiger partial charge on any atom is 0.423 e. The van der Waals surface area contributed by atoms with Crippen LogP contribution in [0.2, 0.25) is 0 Å². The van der Waals surface area contributed by atoms with E-state index < -0.39 is 5.66 Å². The molecule has 1 atom stereocenters. The second-order valence-electron chi connectivity index (χ2n) is 13.6. The van der Waals surface area contributed by atoms with Gasteiger partial charge in [0.05, 0.1) is 11.0 Å². The highest BCUT2D eigenvalue weighted by Crippen LogP contribution is 2.56. The molecular weight excluding hydrogens is 631 g/mol. The summed E-state index contributed by atoms with van der Waals surface area (Å²) in [6.07, 6.45) is 2.20. The van der Waals surface area contributed by atoms with Crippen molar-refractivity contribution in [3.8, 4) is 45.5 Å². The second-order valence-corrected chi connectivity index (χ2v) is 13.6. The lowest BCUT2D eigenvalue weighted by Crippen LogP contribution is -2.77. The van der Waals surface area contributed by atoms with Crippen molar-refractivity contribution in [1.29, 1.82) is 0 Å². The number of ether oxygens (including phenoxy) is 1. The number of rotatable bonds is 2. The molecule has 7 heterocycles.